The first kappa shape index (κ1) is 13.4. The number of rotatable bonds is 5. The molecule has 0 radical (unpaired) electrons. The Balaban J connectivity index is 1.77. The SMILES string of the molecule is CCCc1nc(SCC(=O)N2CCOCC2)n[nH]1. The van der Waals surface area contributed by atoms with Gasteiger partial charge in [-0.2, -0.15) is 0 Å². The molecule has 0 bridgehead atoms. The van der Waals surface area contributed by atoms with Gasteiger partial charge in [0.15, 0.2) is 0 Å². The highest BCUT2D eigenvalue weighted by atomic mass is 32.2. The molecule has 1 aromatic rings. The van der Waals surface area contributed by atoms with E-state index in [1.807, 2.05) is 4.90 Å². The number of aryl methyl sites for hydroxylation is 1. The van der Waals surface area contributed by atoms with E-state index in [4.69, 9.17) is 4.74 Å². The third kappa shape index (κ3) is 3.71. The van der Waals surface area contributed by atoms with Gasteiger partial charge in [0.2, 0.25) is 11.1 Å². The van der Waals surface area contributed by atoms with Gasteiger partial charge in [-0.3, -0.25) is 9.89 Å². The van der Waals surface area contributed by atoms with Gasteiger partial charge >= 0.3 is 0 Å². The summed E-state index contributed by atoms with van der Waals surface area (Å²) >= 11 is 1.38. The van der Waals surface area contributed by atoms with Gasteiger partial charge in [0.05, 0.1) is 19.0 Å². The van der Waals surface area contributed by atoms with E-state index in [9.17, 15) is 4.79 Å². The summed E-state index contributed by atoms with van der Waals surface area (Å²) in [7, 11) is 0. The van der Waals surface area contributed by atoms with E-state index < -0.39 is 0 Å². The summed E-state index contributed by atoms with van der Waals surface area (Å²) in [6, 6.07) is 0. The summed E-state index contributed by atoms with van der Waals surface area (Å²) < 4.78 is 5.21. The highest BCUT2D eigenvalue weighted by Crippen LogP contribution is 2.14. The predicted octanol–water partition coefficient (Wildman–Crippen LogP) is 0.708. The van der Waals surface area contributed by atoms with E-state index in [0.717, 1.165) is 18.7 Å². The molecule has 1 aliphatic heterocycles. The van der Waals surface area contributed by atoms with Crippen LogP contribution in [-0.2, 0) is 16.0 Å². The molecule has 1 fully saturated rings. The van der Waals surface area contributed by atoms with Crippen molar-refractivity contribution in [2.45, 2.75) is 24.9 Å². The van der Waals surface area contributed by atoms with E-state index >= 15 is 0 Å². The third-order valence-electron chi connectivity index (χ3n) is 2.69. The quantitative estimate of drug-likeness (QED) is 0.798. The Hall–Kier alpha value is -1.08. The summed E-state index contributed by atoms with van der Waals surface area (Å²) in [5.74, 6) is 1.41. The molecular formula is C11H18N4O2S. The zero-order valence-corrected chi connectivity index (χ0v) is 11.3. The molecule has 0 atom stereocenters. The molecule has 100 valence electrons. The number of thioether (sulfide) groups is 1. The van der Waals surface area contributed by atoms with E-state index in [-0.39, 0.29) is 5.91 Å². The standard InChI is InChI=1S/C11H18N4O2S/c1-2-3-9-12-11(14-13-9)18-8-10(16)15-4-6-17-7-5-15/h2-8H2,1H3,(H,12,13,14). The second-order valence-electron chi connectivity index (χ2n) is 4.10. The molecule has 1 aliphatic rings. The van der Waals surface area contributed by atoms with E-state index in [1.165, 1.54) is 11.8 Å². The smallest absolute Gasteiger partial charge is 0.233 e. The molecule has 0 aromatic carbocycles. The number of ether oxygens (including phenoxy) is 1. The lowest BCUT2D eigenvalue weighted by molar-refractivity contribution is -0.132. The lowest BCUT2D eigenvalue weighted by atomic mass is 10.3. The predicted molar refractivity (Wildman–Crippen MR) is 68.5 cm³/mol. The van der Waals surface area contributed by atoms with Crippen LogP contribution in [0.5, 0.6) is 0 Å². The highest BCUT2D eigenvalue weighted by Gasteiger charge is 2.17. The van der Waals surface area contributed by atoms with Crippen molar-refractivity contribution in [1.29, 1.82) is 0 Å². The Bertz CT molecular complexity index is 390. The maximum Gasteiger partial charge on any atom is 0.233 e. The number of hydrogen-bond acceptors (Lipinski definition) is 5. The molecule has 18 heavy (non-hydrogen) atoms. The van der Waals surface area contributed by atoms with Crippen molar-refractivity contribution in [2.75, 3.05) is 32.1 Å². The largest absolute Gasteiger partial charge is 0.378 e. The average Bonchev–Trinajstić information content (AvgIpc) is 2.85. The molecule has 1 amide bonds. The number of carbonyl (C=O) groups is 1. The Morgan fingerprint density at radius 3 is 3.00 bits per heavy atom. The van der Waals surface area contributed by atoms with Crippen LogP contribution < -0.4 is 0 Å². The molecule has 2 rings (SSSR count). The normalized spacial score (nSPS) is 15.9. The van der Waals surface area contributed by atoms with Crippen molar-refractivity contribution in [3.05, 3.63) is 5.82 Å². The fraction of sp³-hybridized carbons (Fsp3) is 0.727. The van der Waals surface area contributed by atoms with Gasteiger partial charge < -0.3 is 9.64 Å². The fourth-order valence-corrected chi connectivity index (χ4v) is 2.44. The zero-order chi connectivity index (χ0) is 12.8. The average molecular weight is 270 g/mol. The number of nitrogens with zero attached hydrogens (tertiary/aromatic N) is 3. The number of morpholine rings is 1. The van der Waals surface area contributed by atoms with Crippen LogP contribution in [0, 0.1) is 0 Å². The minimum Gasteiger partial charge on any atom is -0.378 e. The second kappa shape index (κ2) is 6.75. The molecule has 1 aromatic heterocycles. The van der Waals surface area contributed by atoms with Gasteiger partial charge in [-0.05, 0) is 6.42 Å². The molecule has 1 saturated heterocycles. The van der Waals surface area contributed by atoms with Crippen LogP contribution in [-0.4, -0.2) is 58.0 Å². The summed E-state index contributed by atoms with van der Waals surface area (Å²) in [5, 5.41) is 7.62. The molecule has 0 unspecified atom stereocenters. The van der Waals surface area contributed by atoms with Crippen molar-refractivity contribution >= 4 is 17.7 Å². The van der Waals surface area contributed by atoms with Crippen LogP contribution in [0.3, 0.4) is 0 Å². The fourth-order valence-electron chi connectivity index (χ4n) is 1.72. The number of nitrogens with one attached hydrogen (secondary N) is 1. The molecule has 2 heterocycles. The number of amides is 1. The van der Waals surface area contributed by atoms with Crippen LogP contribution in [0.4, 0.5) is 0 Å². The summed E-state index contributed by atoms with van der Waals surface area (Å²) in [5.41, 5.74) is 0. The van der Waals surface area contributed by atoms with E-state index in [1.54, 1.807) is 0 Å². The number of aromatic nitrogens is 3. The van der Waals surface area contributed by atoms with Gasteiger partial charge in [0, 0.05) is 19.5 Å². The van der Waals surface area contributed by atoms with Gasteiger partial charge in [0.1, 0.15) is 5.82 Å². The zero-order valence-electron chi connectivity index (χ0n) is 10.5. The van der Waals surface area contributed by atoms with Gasteiger partial charge in [-0.15, -0.1) is 5.10 Å². The molecule has 7 heteroatoms. The third-order valence-corrected chi connectivity index (χ3v) is 3.52. The highest BCUT2D eigenvalue weighted by molar-refractivity contribution is 7.99. The van der Waals surface area contributed by atoms with Crippen molar-refractivity contribution in [3.63, 3.8) is 0 Å². The van der Waals surface area contributed by atoms with Crippen LogP contribution in [0.15, 0.2) is 5.16 Å². The minimum absolute atomic E-state index is 0.130. The van der Waals surface area contributed by atoms with Gasteiger partial charge in [-0.1, -0.05) is 18.7 Å². The van der Waals surface area contributed by atoms with Crippen molar-refractivity contribution in [3.8, 4) is 0 Å². The Kier molecular flexibility index (Phi) is 5.00. The molecule has 6 nitrogen and oxygen atoms in total. The summed E-state index contributed by atoms with van der Waals surface area (Å²) in [6.07, 6.45) is 1.93. The van der Waals surface area contributed by atoms with E-state index in [0.29, 0.717) is 37.2 Å². The van der Waals surface area contributed by atoms with Crippen LogP contribution in [0.2, 0.25) is 0 Å². The first-order valence-electron chi connectivity index (χ1n) is 6.19. The van der Waals surface area contributed by atoms with Gasteiger partial charge in [-0.25, -0.2) is 4.98 Å². The molecular weight excluding hydrogens is 252 g/mol. The van der Waals surface area contributed by atoms with Crippen LogP contribution in [0.25, 0.3) is 0 Å². The molecule has 1 N–H and O–H groups in total. The molecule has 0 aliphatic carbocycles. The lowest BCUT2D eigenvalue weighted by Gasteiger charge is -2.26. The summed E-state index contributed by atoms with van der Waals surface area (Å²) in [4.78, 5) is 18.0. The molecule has 0 saturated carbocycles. The maximum absolute atomic E-state index is 11.9. The first-order valence-corrected chi connectivity index (χ1v) is 7.17. The summed E-state index contributed by atoms with van der Waals surface area (Å²) in [6.45, 7) is 4.75. The number of H-pyrrole nitrogens is 1. The van der Waals surface area contributed by atoms with Crippen molar-refractivity contribution in [2.24, 2.45) is 0 Å². The number of carbonyl (C=O) groups excluding carboxylic acids is 1. The molecule has 0 spiro atoms. The lowest BCUT2D eigenvalue weighted by Crippen LogP contribution is -2.41. The Morgan fingerprint density at radius 2 is 2.28 bits per heavy atom. The Labute approximate surface area is 110 Å². The van der Waals surface area contributed by atoms with Crippen molar-refractivity contribution in [1.82, 2.24) is 20.1 Å². The van der Waals surface area contributed by atoms with Gasteiger partial charge in [0.25, 0.3) is 0 Å². The van der Waals surface area contributed by atoms with E-state index in [2.05, 4.69) is 22.1 Å². The van der Waals surface area contributed by atoms with Crippen molar-refractivity contribution < 1.29 is 9.53 Å². The monoisotopic (exact) mass is 270 g/mol. The Morgan fingerprint density at radius 1 is 1.50 bits per heavy atom. The van der Waals surface area contributed by atoms with Crippen LogP contribution >= 0.6 is 11.8 Å². The first-order chi connectivity index (χ1) is 8.79. The second-order valence-corrected chi connectivity index (χ2v) is 5.04. The number of aromatic amines is 1. The minimum atomic E-state index is 0.130. The number of hydrogen-bond donors (Lipinski definition) is 1. The topological polar surface area (TPSA) is 71.1 Å². The van der Waals surface area contributed by atoms with Crippen LogP contribution in [0.1, 0.15) is 19.2 Å². The maximum atomic E-state index is 11.9.